The summed E-state index contributed by atoms with van der Waals surface area (Å²) in [4.78, 5) is 0. The molecule has 0 saturated heterocycles. The van der Waals surface area contributed by atoms with Gasteiger partial charge >= 0.3 is 283 Å². The first-order valence-electron chi connectivity index (χ1n) is 16.2. The maximum atomic E-state index is 2.59. The van der Waals surface area contributed by atoms with Crippen molar-refractivity contribution in [2.75, 3.05) is 0 Å². The Kier molecular flexibility index (Phi) is 4.26. The minimum absolute atomic E-state index is 0.245. The molecule has 13 rings (SSSR count). The van der Waals surface area contributed by atoms with Crippen LogP contribution < -0.4 is 34.2 Å². The van der Waals surface area contributed by atoms with Crippen LogP contribution in [0.25, 0.3) is 76.2 Å². The topological polar surface area (TPSA) is 8.82 Å². The number of hydrogen-bond donors (Lipinski definition) is 0. The molecule has 0 aliphatic carbocycles. The molecule has 0 N–H and O–H groups in total. The van der Waals surface area contributed by atoms with E-state index in [-0.39, 0.29) is 36.6 Å². The van der Waals surface area contributed by atoms with E-state index < -0.39 is 0 Å². The average Bonchev–Trinajstić information content (AvgIpc) is 3.83. The Morgan fingerprint density at radius 2 is 0.787 bits per heavy atom. The molecule has 0 atom stereocenters. The van der Waals surface area contributed by atoms with Crippen molar-refractivity contribution in [2.24, 2.45) is 0 Å². The van der Waals surface area contributed by atoms with E-state index in [9.17, 15) is 0 Å². The van der Waals surface area contributed by atoms with Crippen LogP contribution in [0.15, 0.2) is 127 Å². The van der Waals surface area contributed by atoms with Crippen LogP contribution >= 0.6 is 0 Å². The quantitative estimate of drug-likeness (QED) is 0.205. The minimum atomic E-state index is 0.245. The summed E-state index contributed by atoms with van der Waals surface area (Å²) in [5.41, 5.74) is 12.7. The molecule has 2 aliphatic rings. The molecule has 0 spiro atoms. The summed E-state index contributed by atoms with van der Waals surface area (Å²) in [6, 6.07) is 49.1. The standard InChI is InChI=1S/C42H21BN2Se2/c1-3-14-32-22(8-1)24-10-5-12-26-28-18-38-30(20-34(28)44(32)41(24)26)43-31-21-35-29(19-39(31)47-37-17-7-16-36(46-38)40(37)43)27-13-6-11-25-23-9-2-4-15-33(23)45(35)42(25)27/h1-21H. The monoisotopic (exact) mass is 724 g/mol. The van der Waals surface area contributed by atoms with Crippen LogP contribution in [0.1, 0.15) is 0 Å². The molecular weight excluding hydrogens is 701 g/mol. The van der Waals surface area contributed by atoms with Crippen molar-refractivity contribution in [1.82, 2.24) is 8.80 Å². The Bertz CT molecular complexity index is 2990. The Morgan fingerprint density at radius 3 is 1.30 bits per heavy atom. The summed E-state index contributed by atoms with van der Waals surface area (Å²) in [6.45, 7) is 0.245. The van der Waals surface area contributed by atoms with E-state index in [4.69, 9.17) is 0 Å². The summed E-state index contributed by atoms with van der Waals surface area (Å²) in [5.74, 6) is 0. The van der Waals surface area contributed by atoms with E-state index in [0.717, 1.165) is 0 Å². The van der Waals surface area contributed by atoms with E-state index in [2.05, 4.69) is 136 Å². The van der Waals surface area contributed by atoms with Gasteiger partial charge in [-0.2, -0.15) is 0 Å². The molecule has 11 aromatic rings. The van der Waals surface area contributed by atoms with Crippen LogP contribution in [0.4, 0.5) is 0 Å². The van der Waals surface area contributed by atoms with Crippen molar-refractivity contribution in [3.8, 4) is 0 Å². The van der Waals surface area contributed by atoms with Gasteiger partial charge < -0.3 is 0 Å². The van der Waals surface area contributed by atoms with Crippen LogP contribution in [0, 0.1) is 0 Å². The Balaban J connectivity index is 1.17. The zero-order valence-electron chi connectivity index (χ0n) is 24.9. The molecular formula is C42H21BN2Se2. The molecule has 5 heteroatoms. The van der Waals surface area contributed by atoms with Gasteiger partial charge in [0.05, 0.1) is 0 Å². The van der Waals surface area contributed by atoms with Gasteiger partial charge in [0.2, 0.25) is 0 Å². The predicted octanol–water partition coefficient (Wildman–Crippen LogP) is 4.44. The summed E-state index contributed by atoms with van der Waals surface area (Å²) >= 11 is 0.533. The average molecular weight is 722 g/mol. The zero-order chi connectivity index (χ0) is 30.1. The van der Waals surface area contributed by atoms with Crippen LogP contribution in [-0.2, 0) is 0 Å². The van der Waals surface area contributed by atoms with E-state index in [1.54, 1.807) is 14.4 Å². The molecule has 2 aliphatic heterocycles. The third-order valence-electron chi connectivity index (χ3n) is 11.1. The van der Waals surface area contributed by atoms with E-state index in [1.165, 1.54) is 96.0 Å². The first-order valence-corrected chi connectivity index (χ1v) is 19.6. The third kappa shape index (κ3) is 2.78. The SMILES string of the molecule is c1cc2c3c(c1)[Se]c1cc4c5cccc6c7ccccc7n(c4cc1B3c1cc3c(cc1[Se]2)c1cccc2c4ccccc4n3c21)c65. The normalized spacial score (nSPS) is 14.2. The van der Waals surface area contributed by atoms with Gasteiger partial charge in [-0.15, -0.1) is 0 Å². The molecule has 6 heterocycles. The molecule has 4 aromatic heterocycles. The molecule has 2 nitrogen and oxygen atoms in total. The second-order valence-electron chi connectivity index (χ2n) is 13.2. The number of para-hydroxylation sites is 4. The van der Waals surface area contributed by atoms with Gasteiger partial charge in [-0.25, -0.2) is 0 Å². The van der Waals surface area contributed by atoms with Gasteiger partial charge in [-0.1, -0.05) is 0 Å². The second-order valence-corrected chi connectivity index (χ2v) is 17.8. The van der Waals surface area contributed by atoms with Crippen molar-refractivity contribution in [3.05, 3.63) is 127 Å². The van der Waals surface area contributed by atoms with Crippen LogP contribution in [0.5, 0.6) is 0 Å². The Hall–Kier alpha value is -4.76. The van der Waals surface area contributed by atoms with Crippen LogP contribution in [0.3, 0.4) is 0 Å². The summed E-state index contributed by atoms with van der Waals surface area (Å²) in [6.07, 6.45) is 0. The van der Waals surface area contributed by atoms with Gasteiger partial charge in [0, 0.05) is 0 Å². The molecule has 7 aromatic carbocycles. The number of rotatable bonds is 0. The molecule has 0 bridgehead atoms. The molecule has 0 fully saturated rings. The van der Waals surface area contributed by atoms with Crippen molar-refractivity contribution < 1.29 is 0 Å². The summed E-state index contributed by atoms with van der Waals surface area (Å²) in [5, 5.41) is 10.9. The Morgan fingerprint density at radius 1 is 0.362 bits per heavy atom. The van der Waals surface area contributed by atoms with E-state index >= 15 is 0 Å². The molecule has 47 heavy (non-hydrogen) atoms. The first-order chi connectivity index (χ1) is 23.3. The van der Waals surface area contributed by atoms with E-state index in [1.807, 2.05) is 0 Å². The van der Waals surface area contributed by atoms with Gasteiger partial charge in [0.15, 0.2) is 0 Å². The molecule has 214 valence electrons. The number of aromatic nitrogens is 2. The number of fused-ring (bicyclic) bond motifs is 16. The third-order valence-corrected chi connectivity index (χ3v) is 15.9. The fourth-order valence-corrected chi connectivity index (χ4v) is 14.6. The number of benzene rings is 7. The number of nitrogens with zero attached hydrogens (tertiary/aromatic N) is 2. The summed E-state index contributed by atoms with van der Waals surface area (Å²) in [7, 11) is 0. The van der Waals surface area contributed by atoms with Crippen LogP contribution in [-0.4, -0.2) is 45.4 Å². The summed E-state index contributed by atoms with van der Waals surface area (Å²) < 4.78 is 11.3. The first kappa shape index (κ1) is 24.4. The zero-order valence-corrected chi connectivity index (χ0v) is 28.3. The molecule has 0 unspecified atom stereocenters. The fourth-order valence-electron chi connectivity index (χ4n) is 9.27. The Labute approximate surface area is 281 Å². The van der Waals surface area contributed by atoms with Gasteiger partial charge in [-0.05, 0) is 0 Å². The van der Waals surface area contributed by atoms with E-state index in [0.29, 0.717) is 0 Å². The molecule has 0 amide bonds. The van der Waals surface area contributed by atoms with Crippen molar-refractivity contribution in [2.45, 2.75) is 0 Å². The van der Waals surface area contributed by atoms with Gasteiger partial charge in [0.1, 0.15) is 0 Å². The molecule has 0 radical (unpaired) electrons. The van der Waals surface area contributed by atoms with Gasteiger partial charge in [0.25, 0.3) is 0 Å². The predicted molar refractivity (Wildman–Crippen MR) is 203 cm³/mol. The van der Waals surface area contributed by atoms with Crippen molar-refractivity contribution >= 4 is 147 Å². The maximum absolute atomic E-state index is 2.59. The second kappa shape index (κ2) is 8.20. The van der Waals surface area contributed by atoms with Gasteiger partial charge in [-0.3, -0.25) is 0 Å². The van der Waals surface area contributed by atoms with Crippen molar-refractivity contribution in [1.29, 1.82) is 0 Å². The van der Waals surface area contributed by atoms with Crippen molar-refractivity contribution in [3.63, 3.8) is 0 Å². The van der Waals surface area contributed by atoms with Crippen LogP contribution in [0.2, 0.25) is 0 Å². The number of hydrogen-bond acceptors (Lipinski definition) is 0. The molecule has 0 saturated carbocycles. The fraction of sp³-hybridized carbons (Fsp3) is 0.